The summed E-state index contributed by atoms with van der Waals surface area (Å²) in [7, 11) is 0. The van der Waals surface area contributed by atoms with Gasteiger partial charge in [-0.05, 0) is 13.0 Å². The third-order valence-corrected chi connectivity index (χ3v) is 3.57. The van der Waals surface area contributed by atoms with E-state index in [1.165, 1.54) is 6.92 Å². The van der Waals surface area contributed by atoms with Gasteiger partial charge in [0.15, 0.2) is 5.82 Å². The lowest BCUT2D eigenvalue weighted by Crippen LogP contribution is -2.59. The molecular weight excluding hydrogens is 273 g/mol. The van der Waals surface area contributed by atoms with Crippen LogP contribution in [0, 0.1) is 6.92 Å². The molecule has 0 aromatic carbocycles. The summed E-state index contributed by atoms with van der Waals surface area (Å²) in [5, 5.41) is 5.60. The van der Waals surface area contributed by atoms with Crippen molar-refractivity contribution in [3.63, 3.8) is 0 Å². The van der Waals surface area contributed by atoms with Crippen LogP contribution >= 0.6 is 0 Å². The van der Waals surface area contributed by atoms with E-state index in [1.54, 1.807) is 4.90 Å². The Balaban J connectivity index is 2.09. The van der Waals surface area contributed by atoms with Crippen molar-refractivity contribution in [1.82, 2.24) is 10.3 Å². The van der Waals surface area contributed by atoms with Crippen LogP contribution in [-0.2, 0) is 11.0 Å². The Bertz CT molecular complexity index is 573. The average molecular weight is 286 g/mol. The van der Waals surface area contributed by atoms with E-state index in [-0.39, 0.29) is 17.3 Å². The maximum atomic E-state index is 12.9. The minimum Gasteiger partial charge on any atom is -0.340 e. The summed E-state index contributed by atoms with van der Waals surface area (Å²) in [4.78, 5) is 17.8. The fourth-order valence-corrected chi connectivity index (χ4v) is 2.60. The summed E-state index contributed by atoms with van der Waals surface area (Å²) in [6.45, 7) is 3.01. The molecule has 0 spiro atoms. The van der Waals surface area contributed by atoms with Crippen molar-refractivity contribution >= 4 is 17.4 Å². The van der Waals surface area contributed by atoms with Gasteiger partial charge in [-0.1, -0.05) is 0 Å². The summed E-state index contributed by atoms with van der Waals surface area (Å²) in [6, 6.07) is 0.549. The number of nitrogens with one attached hydrogen (secondary N) is 2. The van der Waals surface area contributed by atoms with Crippen molar-refractivity contribution in [3.05, 3.63) is 17.3 Å². The highest BCUT2D eigenvalue weighted by Crippen LogP contribution is 2.38. The molecule has 1 fully saturated rings. The largest absolute Gasteiger partial charge is 0.418 e. The summed E-state index contributed by atoms with van der Waals surface area (Å²) < 4.78 is 38.6. The minimum absolute atomic E-state index is 0.0790. The Kier molecular flexibility index (Phi) is 2.86. The molecule has 1 atom stereocenters. The predicted molar refractivity (Wildman–Crippen MR) is 66.6 cm³/mol. The normalized spacial score (nSPS) is 22.1. The van der Waals surface area contributed by atoms with Crippen LogP contribution in [0.15, 0.2) is 6.07 Å². The Morgan fingerprint density at radius 3 is 2.90 bits per heavy atom. The number of piperazine rings is 1. The molecule has 0 saturated carbocycles. The molecule has 0 bridgehead atoms. The second-order valence-electron chi connectivity index (χ2n) is 4.89. The molecule has 1 aromatic rings. The Morgan fingerprint density at radius 1 is 1.45 bits per heavy atom. The number of alkyl halides is 3. The fraction of sp³-hybridized carbons (Fsp3) is 0.500. The van der Waals surface area contributed by atoms with Crippen LogP contribution < -0.4 is 15.5 Å². The second kappa shape index (κ2) is 4.34. The number of carbonyl (C=O) groups excluding carboxylic acids is 1. The molecule has 5 nitrogen and oxygen atoms in total. The van der Waals surface area contributed by atoms with Gasteiger partial charge in [-0.25, -0.2) is 4.98 Å². The third-order valence-electron chi connectivity index (χ3n) is 3.57. The zero-order chi connectivity index (χ0) is 14.5. The summed E-state index contributed by atoms with van der Waals surface area (Å²) >= 11 is 0. The molecule has 0 aliphatic carbocycles. The first-order valence-corrected chi connectivity index (χ1v) is 6.25. The monoisotopic (exact) mass is 286 g/mol. The summed E-state index contributed by atoms with van der Waals surface area (Å²) in [5.74, 6) is 0.116. The minimum atomic E-state index is -4.48. The fourth-order valence-electron chi connectivity index (χ4n) is 2.60. The van der Waals surface area contributed by atoms with E-state index in [0.29, 0.717) is 25.5 Å². The number of carbonyl (C=O) groups is 1. The third kappa shape index (κ3) is 2.00. The molecule has 1 unspecified atom stereocenters. The number of amides is 1. The Morgan fingerprint density at radius 2 is 2.20 bits per heavy atom. The highest BCUT2D eigenvalue weighted by molar-refractivity contribution is 6.03. The number of aryl methyl sites for hydroxylation is 1. The van der Waals surface area contributed by atoms with E-state index in [0.717, 1.165) is 6.07 Å². The Hall–Kier alpha value is -1.83. The van der Waals surface area contributed by atoms with Gasteiger partial charge in [0.2, 0.25) is 5.91 Å². The zero-order valence-electron chi connectivity index (χ0n) is 10.7. The quantitative estimate of drug-likeness (QED) is 0.751. The first-order chi connectivity index (χ1) is 9.38. The van der Waals surface area contributed by atoms with Gasteiger partial charge in [-0.3, -0.25) is 4.79 Å². The van der Waals surface area contributed by atoms with Crippen molar-refractivity contribution in [2.24, 2.45) is 0 Å². The molecule has 3 rings (SSSR count). The van der Waals surface area contributed by atoms with Gasteiger partial charge in [0, 0.05) is 19.6 Å². The summed E-state index contributed by atoms with van der Waals surface area (Å²) in [6.07, 6.45) is -4.48. The highest BCUT2D eigenvalue weighted by Gasteiger charge is 2.39. The maximum Gasteiger partial charge on any atom is 0.418 e. The number of anilines is 2. The van der Waals surface area contributed by atoms with Crippen LogP contribution in [0.5, 0.6) is 0 Å². The molecule has 1 aromatic heterocycles. The number of halogens is 3. The van der Waals surface area contributed by atoms with Crippen LogP contribution in [0.4, 0.5) is 24.7 Å². The molecule has 3 heterocycles. The van der Waals surface area contributed by atoms with Crippen molar-refractivity contribution in [3.8, 4) is 0 Å². The van der Waals surface area contributed by atoms with Gasteiger partial charge in [-0.15, -0.1) is 0 Å². The van der Waals surface area contributed by atoms with Crippen LogP contribution in [0.1, 0.15) is 11.3 Å². The topological polar surface area (TPSA) is 57.3 Å². The molecule has 2 N–H and O–H groups in total. The standard InChI is InChI=1S/C12H13F3N4O/c1-6-7(12(13,14)15)4-8-10(17-6)19-3-2-16-5-9(19)11(20)18-8/h4,9,16H,2-3,5H2,1H3,(H,18,20). The van der Waals surface area contributed by atoms with Crippen LogP contribution in [0.2, 0.25) is 0 Å². The molecule has 108 valence electrons. The first kappa shape index (κ1) is 13.2. The van der Waals surface area contributed by atoms with Crippen LogP contribution in [0.3, 0.4) is 0 Å². The number of aromatic nitrogens is 1. The van der Waals surface area contributed by atoms with Crippen molar-refractivity contribution in [1.29, 1.82) is 0 Å². The number of rotatable bonds is 0. The maximum absolute atomic E-state index is 12.9. The van der Waals surface area contributed by atoms with Gasteiger partial charge in [-0.2, -0.15) is 13.2 Å². The lowest BCUT2D eigenvalue weighted by molar-refractivity contribution is -0.138. The molecular formula is C12H13F3N4O. The zero-order valence-corrected chi connectivity index (χ0v) is 10.7. The van der Waals surface area contributed by atoms with Gasteiger partial charge in [0.1, 0.15) is 6.04 Å². The van der Waals surface area contributed by atoms with Crippen molar-refractivity contribution < 1.29 is 18.0 Å². The molecule has 1 saturated heterocycles. The molecule has 2 aliphatic rings. The molecule has 0 radical (unpaired) electrons. The van der Waals surface area contributed by atoms with Crippen molar-refractivity contribution in [2.45, 2.75) is 19.1 Å². The number of pyridine rings is 1. The van der Waals surface area contributed by atoms with Crippen LogP contribution in [0.25, 0.3) is 0 Å². The molecule has 2 aliphatic heterocycles. The van der Waals surface area contributed by atoms with E-state index in [9.17, 15) is 18.0 Å². The lowest BCUT2D eigenvalue weighted by Gasteiger charge is -2.40. The molecule has 8 heteroatoms. The number of fused-ring (bicyclic) bond motifs is 3. The van der Waals surface area contributed by atoms with Gasteiger partial charge in [0.25, 0.3) is 0 Å². The number of nitrogens with zero attached hydrogens (tertiary/aromatic N) is 2. The van der Waals surface area contributed by atoms with Crippen LogP contribution in [-0.4, -0.2) is 36.6 Å². The van der Waals surface area contributed by atoms with E-state index in [4.69, 9.17) is 0 Å². The number of hydrogen-bond acceptors (Lipinski definition) is 4. The molecule has 20 heavy (non-hydrogen) atoms. The van der Waals surface area contributed by atoms with E-state index in [2.05, 4.69) is 15.6 Å². The van der Waals surface area contributed by atoms with E-state index >= 15 is 0 Å². The van der Waals surface area contributed by atoms with Gasteiger partial charge >= 0.3 is 6.18 Å². The second-order valence-corrected chi connectivity index (χ2v) is 4.89. The SMILES string of the molecule is Cc1nc2c(cc1C(F)(F)F)NC(=O)C1CNCCN21. The van der Waals surface area contributed by atoms with Crippen molar-refractivity contribution in [2.75, 3.05) is 29.9 Å². The summed E-state index contributed by atoms with van der Waals surface area (Å²) in [5.41, 5.74) is -0.763. The first-order valence-electron chi connectivity index (χ1n) is 6.25. The molecule has 1 amide bonds. The van der Waals surface area contributed by atoms with E-state index < -0.39 is 17.8 Å². The lowest BCUT2D eigenvalue weighted by atomic mass is 10.1. The predicted octanol–water partition coefficient (Wildman–Crippen LogP) is 1.14. The Labute approximate surface area is 113 Å². The van der Waals surface area contributed by atoms with Gasteiger partial charge in [0.05, 0.1) is 16.9 Å². The highest BCUT2D eigenvalue weighted by atomic mass is 19.4. The average Bonchev–Trinajstić information content (AvgIpc) is 2.38. The van der Waals surface area contributed by atoms with E-state index in [1.807, 2.05) is 0 Å². The smallest absolute Gasteiger partial charge is 0.340 e. The van der Waals surface area contributed by atoms with Gasteiger partial charge < -0.3 is 15.5 Å². The number of hydrogen-bond donors (Lipinski definition) is 2.